The SMILES string of the molecule is Nc1cc(N2CCC(c3ccc(F)cc3)CC2)nc(N)n1. The number of halogens is 1. The van der Waals surface area contributed by atoms with Gasteiger partial charge in [0.15, 0.2) is 0 Å². The fourth-order valence-corrected chi connectivity index (χ4v) is 2.81. The largest absolute Gasteiger partial charge is 0.383 e. The lowest BCUT2D eigenvalue weighted by atomic mass is 9.89. The van der Waals surface area contributed by atoms with Gasteiger partial charge in [-0.15, -0.1) is 0 Å². The molecule has 110 valence electrons. The molecule has 1 aliphatic rings. The van der Waals surface area contributed by atoms with Crippen LogP contribution in [0.4, 0.5) is 22.0 Å². The lowest BCUT2D eigenvalue weighted by Crippen LogP contribution is -2.33. The van der Waals surface area contributed by atoms with E-state index in [2.05, 4.69) is 14.9 Å². The molecule has 1 saturated heterocycles. The number of piperidine rings is 1. The van der Waals surface area contributed by atoms with Crippen molar-refractivity contribution in [2.45, 2.75) is 18.8 Å². The van der Waals surface area contributed by atoms with Crippen LogP contribution in [0.15, 0.2) is 30.3 Å². The molecule has 0 amide bonds. The molecule has 0 saturated carbocycles. The Morgan fingerprint density at radius 3 is 2.33 bits per heavy atom. The van der Waals surface area contributed by atoms with Crippen LogP contribution in [0.3, 0.4) is 0 Å². The molecule has 1 aromatic heterocycles. The van der Waals surface area contributed by atoms with E-state index in [1.165, 1.54) is 17.7 Å². The number of rotatable bonds is 2. The van der Waals surface area contributed by atoms with Crippen molar-refractivity contribution in [2.75, 3.05) is 29.5 Å². The molecule has 21 heavy (non-hydrogen) atoms. The molecular weight excluding hydrogens is 269 g/mol. The summed E-state index contributed by atoms with van der Waals surface area (Å²) >= 11 is 0. The molecule has 1 fully saturated rings. The summed E-state index contributed by atoms with van der Waals surface area (Å²) in [6, 6.07) is 8.53. The average molecular weight is 287 g/mol. The number of nitrogens with zero attached hydrogens (tertiary/aromatic N) is 3. The first-order valence-electron chi connectivity index (χ1n) is 7.02. The van der Waals surface area contributed by atoms with E-state index in [9.17, 15) is 4.39 Å². The summed E-state index contributed by atoms with van der Waals surface area (Å²) in [5.41, 5.74) is 12.5. The molecule has 6 heteroatoms. The van der Waals surface area contributed by atoms with Crippen LogP contribution >= 0.6 is 0 Å². The highest BCUT2D eigenvalue weighted by Crippen LogP contribution is 2.30. The minimum absolute atomic E-state index is 0.192. The Morgan fingerprint density at radius 2 is 1.71 bits per heavy atom. The number of nitrogens with two attached hydrogens (primary N) is 2. The quantitative estimate of drug-likeness (QED) is 0.884. The van der Waals surface area contributed by atoms with Crippen molar-refractivity contribution in [3.8, 4) is 0 Å². The third-order valence-electron chi connectivity index (χ3n) is 3.91. The van der Waals surface area contributed by atoms with Gasteiger partial charge >= 0.3 is 0 Å². The summed E-state index contributed by atoms with van der Waals surface area (Å²) in [7, 11) is 0. The number of aromatic nitrogens is 2. The number of nitrogen functional groups attached to an aromatic ring is 2. The molecule has 0 aliphatic carbocycles. The van der Waals surface area contributed by atoms with Crippen molar-refractivity contribution in [3.63, 3.8) is 0 Å². The van der Waals surface area contributed by atoms with Crippen LogP contribution in [0.2, 0.25) is 0 Å². The minimum atomic E-state index is -0.192. The van der Waals surface area contributed by atoms with Gasteiger partial charge in [-0.05, 0) is 36.5 Å². The molecule has 1 aromatic carbocycles. The second kappa shape index (κ2) is 5.55. The molecule has 0 unspecified atom stereocenters. The fourth-order valence-electron chi connectivity index (χ4n) is 2.81. The van der Waals surface area contributed by atoms with E-state index in [1.807, 2.05) is 12.1 Å². The zero-order valence-electron chi connectivity index (χ0n) is 11.7. The van der Waals surface area contributed by atoms with Crippen LogP contribution in [0.25, 0.3) is 0 Å². The van der Waals surface area contributed by atoms with Crippen molar-refractivity contribution in [3.05, 3.63) is 41.7 Å². The summed E-state index contributed by atoms with van der Waals surface area (Å²) < 4.78 is 13.0. The molecule has 3 rings (SSSR count). The molecular formula is C15H18FN5. The molecule has 1 aliphatic heterocycles. The molecule has 2 heterocycles. The standard InChI is InChI=1S/C15H18FN5/c16-12-3-1-10(2-4-12)11-5-7-21(8-6-11)14-9-13(17)19-15(18)20-14/h1-4,9,11H,5-8H2,(H4,17,18,19,20). The normalized spacial score (nSPS) is 16.1. The third kappa shape index (κ3) is 3.04. The first kappa shape index (κ1) is 13.6. The van der Waals surface area contributed by atoms with E-state index >= 15 is 0 Å². The van der Waals surface area contributed by atoms with E-state index < -0.39 is 0 Å². The summed E-state index contributed by atoms with van der Waals surface area (Å²) in [6.07, 6.45) is 1.99. The van der Waals surface area contributed by atoms with Crippen molar-refractivity contribution < 1.29 is 4.39 Å². The van der Waals surface area contributed by atoms with Crippen molar-refractivity contribution in [1.82, 2.24) is 9.97 Å². The summed E-state index contributed by atoms with van der Waals surface area (Å²) in [4.78, 5) is 10.3. The molecule has 4 N–H and O–H groups in total. The second-order valence-corrected chi connectivity index (χ2v) is 5.32. The van der Waals surface area contributed by atoms with Gasteiger partial charge in [-0.2, -0.15) is 9.97 Å². The van der Waals surface area contributed by atoms with Gasteiger partial charge in [0.2, 0.25) is 5.95 Å². The van der Waals surface area contributed by atoms with Crippen LogP contribution in [-0.4, -0.2) is 23.1 Å². The third-order valence-corrected chi connectivity index (χ3v) is 3.91. The minimum Gasteiger partial charge on any atom is -0.383 e. The van der Waals surface area contributed by atoms with Crippen LogP contribution in [0.1, 0.15) is 24.3 Å². The van der Waals surface area contributed by atoms with Crippen molar-refractivity contribution in [2.24, 2.45) is 0 Å². The van der Waals surface area contributed by atoms with Gasteiger partial charge in [0.25, 0.3) is 0 Å². The first-order valence-corrected chi connectivity index (χ1v) is 7.02. The highest BCUT2D eigenvalue weighted by Gasteiger charge is 2.22. The maximum absolute atomic E-state index is 13.0. The molecule has 2 aromatic rings. The van der Waals surface area contributed by atoms with E-state index in [1.54, 1.807) is 6.07 Å². The number of hydrogen-bond acceptors (Lipinski definition) is 5. The van der Waals surface area contributed by atoms with E-state index in [4.69, 9.17) is 11.5 Å². The van der Waals surface area contributed by atoms with Crippen molar-refractivity contribution >= 4 is 17.6 Å². The van der Waals surface area contributed by atoms with Crippen LogP contribution in [0.5, 0.6) is 0 Å². The predicted molar refractivity (Wildman–Crippen MR) is 81.4 cm³/mol. The van der Waals surface area contributed by atoms with E-state index in [0.29, 0.717) is 11.7 Å². The lowest BCUT2D eigenvalue weighted by Gasteiger charge is -2.33. The zero-order valence-corrected chi connectivity index (χ0v) is 11.7. The molecule has 0 radical (unpaired) electrons. The van der Waals surface area contributed by atoms with Gasteiger partial charge in [0, 0.05) is 19.2 Å². The highest BCUT2D eigenvalue weighted by molar-refractivity contribution is 5.50. The number of benzene rings is 1. The fraction of sp³-hybridized carbons (Fsp3) is 0.333. The monoisotopic (exact) mass is 287 g/mol. The molecule has 0 spiro atoms. The summed E-state index contributed by atoms with van der Waals surface area (Å²) in [5.74, 6) is 1.63. The molecule has 0 bridgehead atoms. The maximum atomic E-state index is 13.0. The maximum Gasteiger partial charge on any atom is 0.223 e. The Labute approximate surface area is 122 Å². The highest BCUT2D eigenvalue weighted by atomic mass is 19.1. The van der Waals surface area contributed by atoms with Gasteiger partial charge in [-0.1, -0.05) is 12.1 Å². The second-order valence-electron chi connectivity index (χ2n) is 5.32. The predicted octanol–water partition coefficient (Wildman–Crippen LogP) is 2.16. The van der Waals surface area contributed by atoms with Gasteiger partial charge in [0.1, 0.15) is 17.5 Å². The average Bonchev–Trinajstić information content (AvgIpc) is 2.47. The smallest absolute Gasteiger partial charge is 0.223 e. The van der Waals surface area contributed by atoms with Gasteiger partial charge in [-0.3, -0.25) is 0 Å². The topological polar surface area (TPSA) is 81.1 Å². The Bertz CT molecular complexity index is 600. The summed E-state index contributed by atoms with van der Waals surface area (Å²) in [6.45, 7) is 1.75. The number of hydrogen-bond donors (Lipinski definition) is 2. The van der Waals surface area contributed by atoms with Crippen LogP contribution in [-0.2, 0) is 0 Å². The molecule has 5 nitrogen and oxygen atoms in total. The Balaban J connectivity index is 1.68. The lowest BCUT2D eigenvalue weighted by molar-refractivity contribution is 0.501. The first-order chi connectivity index (χ1) is 10.1. The van der Waals surface area contributed by atoms with E-state index in [-0.39, 0.29) is 11.8 Å². The summed E-state index contributed by atoms with van der Waals surface area (Å²) in [5, 5.41) is 0. The van der Waals surface area contributed by atoms with Gasteiger partial charge < -0.3 is 16.4 Å². The van der Waals surface area contributed by atoms with Crippen molar-refractivity contribution in [1.29, 1.82) is 0 Å². The van der Waals surface area contributed by atoms with E-state index in [0.717, 1.165) is 31.7 Å². The Morgan fingerprint density at radius 1 is 1.05 bits per heavy atom. The Kier molecular flexibility index (Phi) is 3.60. The molecule has 0 atom stereocenters. The van der Waals surface area contributed by atoms with Gasteiger partial charge in [-0.25, -0.2) is 4.39 Å². The zero-order chi connectivity index (χ0) is 14.8. The van der Waals surface area contributed by atoms with Crippen LogP contribution < -0.4 is 16.4 Å². The van der Waals surface area contributed by atoms with Crippen LogP contribution in [0, 0.1) is 5.82 Å². The number of anilines is 3. The Hall–Kier alpha value is -2.37. The van der Waals surface area contributed by atoms with Gasteiger partial charge in [0.05, 0.1) is 0 Å².